The van der Waals surface area contributed by atoms with Crippen molar-refractivity contribution in [3.63, 3.8) is 0 Å². The maximum Gasteiger partial charge on any atom is 0.387 e. The van der Waals surface area contributed by atoms with Crippen LogP contribution in [0.2, 0.25) is 0 Å². The lowest BCUT2D eigenvalue weighted by Crippen LogP contribution is -2.07. The summed E-state index contributed by atoms with van der Waals surface area (Å²) in [5.41, 5.74) is 0.0978. The van der Waals surface area contributed by atoms with Crippen LogP contribution >= 0.6 is 0 Å². The number of H-pyrrole nitrogens is 1. The molecule has 0 radical (unpaired) electrons. The molecule has 0 bridgehead atoms. The van der Waals surface area contributed by atoms with Crippen molar-refractivity contribution >= 4 is 5.97 Å². The van der Waals surface area contributed by atoms with Gasteiger partial charge in [-0.2, -0.15) is 19.1 Å². The smallest absolute Gasteiger partial charge is 0.387 e. The molecule has 0 aliphatic carbocycles. The number of nitrogens with zero attached hydrogens (tertiary/aromatic N) is 2. The number of carbonyl (C=O) groups is 1. The van der Waals surface area contributed by atoms with E-state index >= 15 is 0 Å². The zero-order valence-electron chi connectivity index (χ0n) is 10.8. The maximum atomic E-state index is 13.7. The Morgan fingerprint density at radius 2 is 2.14 bits per heavy atom. The van der Waals surface area contributed by atoms with Gasteiger partial charge in [-0.15, -0.1) is 5.10 Å². The fourth-order valence-electron chi connectivity index (χ4n) is 1.61. The largest absolute Gasteiger partial charge is 0.461 e. The Morgan fingerprint density at radius 3 is 2.76 bits per heavy atom. The second-order valence-electron chi connectivity index (χ2n) is 3.76. The summed E-state index contributed by atoms with van der Waals surface area (Å²) in [6, 6.07) is 3.21. The second-order valence-corrected chi connectivity index (χ2v) is 3.76. The molecule has 0 unspecified atom stereocenters. The van der Waals surface area contributed by atoms with Gasteiger partial charge in [0.1, 0.15) is 5.69 Å². The lowest BCUT2D eigenvalue weighted by molar-refractivity contribution is -0.0521. The number of rotatable bonds is 5. The van der Waals surface area contributed by atoms with Gasteiger partial charge in [-0.1, -0.05) is 0 Å². The molecule has 0 atom stereocenters. The predicted molar refractivity (Wildman–Crippen MR) is 64.4 cm³/mol. The van der Waals surface area contributed by atoms with E-state index in [0.717, 1.165) is 12.1 Å². The standard InChI is InChI=1S/C12H10F3N3O3/c1-2-20-11(19)10-9(16-18-17-10)6-3-4-8(7(13)5-6)21-12(14)15/h3-5,12H,2H2,1H3,(H,16,17,18). The van der Waals surface area contributed by atoms with Crippen molar-refractivity contribution in [2.75, 3.05) is 6.61 Å². The van der Waals surface area contributed by atoms with Gasteiger partial charge in [-0.3, -0.25) is 0 Å². The number of aromatic amines is 1. The molecule has 6 nitrogen and oxygen atoms in total. The molecule has 0 saturated heterocycles. The number of carbonyl (C=O) groups excluding carboxylic acids is 1. The summed E-state index contributed by atoms with van der Waals surface area (Å²) in [5.74, 6) is -2.34. The van der Waals surface area contributed by atoms with Crippen molar-refractivity contribution in [3.8, 4) is 17.0 Å². The summed E-state index contributed by atoms with van der Waals surface area (Å²) in [5, 5.41) is 9.58. The molecular formula is C12H10F3N3O3. The Labute approximate surface area is 116 Å². The zero-order valence-corrected chi connectivity index (χ0v) is 10.8. The Balaban J connectivity index is 2.33. The van der Waals surface area contributed by atoms with Crippen LogP contribution in [0.3, 0.4) is 0 Å². The van der Waals surface area contributed by atoms with Gasteiger partial charge >= 0.3 is 12.6 Å². The first-order valence-electron chi connectivity index (χ1n) is 5.85. The number of benzene rings is 1. The minimum Gasteiger partial charge on any atom is -0.461 e. The van der Waals surface area contributed by atoms with Crippen LogP contribution in [0.1, 0.15) is 17.4 Å². The predicted octanol–water partition coefficient (Wildman–Crippen LogP) is 2.39. The van der Waals surface area contributed by atoms with Crippen LogP contribution in [0, 0.1) is 5.82 Å². The highest BCUT2D eigenvalue weighted by molar-refractivity contribution is 5.93. The summed E-state index contributed by atoms with van der Waals surface area (Å²) in [4.78, 5) is 11.6. The minimum atomic E-state index is -3.13. The fourth-order valence-corrected chi connectivity index (χ4v) is 1.61. The Hall–Kier alpha value is -2.58. The average Bonchev–Trinajstić information content (AvgIpc) is 2.90. The van der Waals surface area contributed by atoms with E-state index in [9.17, 15) is 18.0 Å². The number of nitrogens with one attached hydrogen (secondary N) is 1. The molecule has 2 aromatic rings. The van der Waals surface area contributed by atoms with Crippen molar-refractivity contribution in [2.45, 2.75) is 13.5 Å². The first-order chi connectivity index (χ1) is 10.0. The molecule has 112 valence electrons. The first kappa shape index (κ1) is 14.8. The third-order valence-corrected chi connectivity index (χ3v) is 2.44. The highest BCUT2D eigenvalue weighted by atomic mass is 19.3. The van der Waals surface area contributed by atoms with E-state index in [1.807, 2.05) is 0 Å². The molecule has 0 aliphatic heterocycles. The zero-order chi connectivity index (χ0) is 15.4. The molecule has 0 spiro atoms. The van der Waals surface area contributed by atoms with E-state index in [1.165, 1.54) is 6.07 Å². The van der Waals surface area contributed by atoms with Gasteiger partial charge in [-0.25, -0.2) is 9.18 Å². The fraction of sp³-hybridized carbons (Fsp3) is 0.250. The Morgan fingerprint density at radius 1 is 1.38 bits per heavy atom. The van der Waals surface area contributed by atoms with Gasteiger partial charge in [0.25, 0.3) is 0 Å². The second kappa shape index (κ2) is 6.25. The minimum absolute atomic E-state index is 0.0518. The topological polar surface area (TPSA) is 77.1 Å². The molecule has 1 aromatic carbocycles. The molecule has 0 fully saturated rings. The molecule has 21 heavy (non-hydrogen) atoms. The van der Waals surface area contributed by atoms with Crippen LogP contribution in [0.15, 0.2) is 18.2 Å². The van der Waals surface area contributed by atoms with Crippen molar-refractivity contribution < 1.29 is 27.4 Å². The third kappa shape index (κ3) is 3.30. The maximum absolute atomic E-state index is 13.7. The molecule has 2 rings (SSSR count). The van der Waals surface area contributed by atoms with Crippen LogP contribution in [0.5, 0.6) is 5.75 Å². The average molecular weight is 301 g/mol. The van der Waals surface area contributed by atoms with Crippen LogP contribution in [0.4, 0.5) is 13.2 Å². The normalized spacial score (nSPS) is 10.7. The summed E-state index contributed by atoms with van der Waals surface area (Å²) < 4.78 is 46.5. The van der Waals surface area contributed by atoms with Crippen LogP contribution in [0.25, 0.3) is 11.3 Å². The Kier molecular flexibility index (Phi) is 4.41. The van der Waals surface area contributed by atoms with Gasteiger partial charge in [0.05, 0.1) is 6.61 Å². The third-order valence-electron chi connectivity index (χ3n) is 2.44. The van der Waals surface area contributed by atoms with E-state index in [4.69, 9.17) is 4.74 Å². The number of hydrogen-bond donors (Lipinski definition) is 1. The van der Waals surface area contributed by atoms with Crippen molar-refractivity contribution in [1.82, 2.24) is 15.4 Å². The number of aromatic nitrogens is 3. The van der Waals surface area contributed by atoms with E-state index in [0.29, 0.717) is 0 Å². The van der Waals surface area contributed by atoms with Crippen LogP contribution in [-0.2, 0) is 4.74 Å². The highest BCUT2D eigenvalue weighted by Gasteiger charge is 2.20. The first-order valence-corrected chi connectivity index (χ1v) is 5.85. The quantitative estimate of drug-likeness (QED) is 0.858. The summed E-state index contributed by atoms with van der Waals surface area (Å²) >= 11 is 0. The molecular weight excluding hydrogens is 291 g/mol. The van der Waals surface area contributed by atoms with Crippen molar-refractivity contribution in [1.29, 1.82) is 0 Å². The van der Waals surface area contributed by atoms with Crippen LogP contribution < -0.4 is 4.74 Å². The molecule has 0 saturated carbocycles. The van der Waals surface area contributed by atoms with E-state index in [-0.39, 0.29) is 23.6 Å². The number of halogens is 3. The summed E-state index contributed by atoms with van der Waals surface area (Å²) in [6.07, 6.45) is 0. The van der Waals surface area contributed by atoms with Gasteiger partial charge in [0.15, 0.2) is 17.3 Å². The number of alkyl halides is 2. The molecule has 1 aromatic heterocycles. The molecule has 1 heterocycles. The number of hydrogen-bond acceptors (Lipinski definition) is 5. The van der Waals surface area contributed by atoms with E-state index < -0.39 is 24.1 Å². The monoisotopic (exact) mass is 301 g/mol. The van der Waals surface area contributed by atoms with Crippen molar-refractivity contribution in [2.24, 2.45) is 0 Å². The van der Waals surface area contributed by atoms with Gasteiger partial charge in [0, 0.05) is 5.56 Å². The SMILES string of the molecule is CCOC(=O)c1n[nH]nc1-c1ccc(OC(F)F)c(F)c1. The van der Waals surface area contributed by atoms with Gasteiger partial charge in [-0.05, 0) is 25.1 Å². The summed E-state index contributed by atoms with van der Waals surface area (Å²) in [6.45, 7) is -1.37. The number of esters is 1. The lowest BCUT2D eigenvalue weighted by Gasteiger charge is -2.07. The van der Waals surface area contributed by atoms with Crippen LogP contribution in [-0.4, -0.2) is 34.6 Å². The van der Waals surface area contributed by atoms with E-state index in [2.05, 4.69) is 20.1 Å². The number of ether oxygens (including phenoxy) is 2. The highest BCUT2D eigenvalue weighted by Crippen LogP contribution is 2.27. The molecule has 1 N–H and O–H groups in total. The van der Waals surface area contributed by atoms with Gasteiger partial charge in [0.2, 0.25) is 0 Å². The summed E-state index contributed by atoms with van der Waals surface area (Å²) in [7, 11) is 0. The molecule has 0 amide bonds. The van der Waals surface area contributed by atoms with E-state index in [1.54, 1.807) is 6.92 Å². The Bertz CT molecular complexity index is 646. The van der Waals surface area contributed by atoms with Crippen molar-refractivity contribution in [3.05, 3.63) is 29.7 Å². The lowest BCUT2D eigenvalue weighted by atomic mass is 10.1. The van der Waals surface area contributed by atoms with Gasteiger partial charge < -0.3 is 9.47 Å². The molecule has 0 aliphatic rings. The molecule has 9 heteroatoms.